The molecule has 7 heteroatoms. The molecule has 1 aliphatic heterocycles. The minimum Gasteiger partial charge on any atom is -0.492 e. The summed E-state index contributed by atoms with van der Waals surface area (Å²) in [6.07, 6.45) is 3.83. The predicted octanol–water partition coefficient (Wildman–Crippen LogP) is 4.98. The van der Waals surface area contributed by atoms with E-state index in [4.69, 9.17) is 25.8 Å². The van der Waals surface area contributed by atoms with Crippen molar-refractivity contribution >= 4 is 11.6 Å². The van der Waals surface area contributed by atoms with Gasteiger partial charge in [0.2, 0.25) is 0 Å². The number of piperidine rings is 1. The molecule has 2 aromatic carbocycles. The van der Waals surface area contributed by atoms with Crippen LogP contribution in [0.15, 0.2) is 60.8 Å². The molecular formula is C26H32ClN3O3. The van der Waals surface area contributed by atoms with Crippen LogP contribution in [0.3, 0.4) is 0 Å². The summed E-state index contributed by atoms with van der Waals surface area (Å²) in [6.45, 7) is 6.71. The van der Waals surface area contributed by atoms with Crippen molar-refractivity contribution in [2.24, 2.45) is 0 Å². The van der Waals surface area contributed by atoms with Crippen LogP contribution in [0.25, 0.3) is 0 Å². The zero-order valence-electron chi connectivity index (χ0n) is 19.4. The number of nitrogens with zero attached hydrogens (tertiary/aromatic N) is 3. The van der Waals surface area contributed by atoms with Crippen LogP contribution in [0, 0.1) is 6.92 Å². The van der Waals surface area contributed by atoms with Crippen molar-refractivity contribution in [3.63, 3.8) is 0 Å². The second-order valence-corrected chi connectivity index (χ2v) is 9.06. The predicted molar refractivity (Wildman–Crippen MR) is 130 cm³/mol. The Balaban J connectivity index is 1.21. The normalized spacial score (nSPS) is 16.0. The van der Waals surface area contributed by atoms with Crippen LogP contribution in [0.2, 0.25) is 5.02 Å². The quantitative estimate of drug-likeness (QED) is 0.419. The van der Waals surface area contributed by atoms with Gasteiger partial charge in [-0.15, -0.1) is 0 Å². The summed E-state index contributed by atoms with van der Waals surface area (Å²) in [5.74, 6) is 1.67. The third-order valence-corrected chi connectivity index (χ3v) is 6.43. The molecule has 0 unspecified atom stereocenters. The van der Waals surface area contributed by atoms with E-state index < -0.39 is 0 Å². The molecule has 0 spiro atoms. The van der Waals surface area contributed by atoms with Crippen molar-refractivity contribution in [1.82, 2.24) is 14.7 Å². The summed E-state index contributed by atoms with van der Waals surface area (Å²) in [7, 11) is 1.78. The van der Waals surface area contributed by atoms with Gasteiger partial charge < -0.3 is 14.2 Å². The number of aromatic nitrogens is 2. The minimum atomic E-state index is -0.260. The first-order chi connectivity index (χ1) is 16.0. The molecule has 1 saturated heterocycles. The lowest BCUT2D eigenvalue weighted by atomic mass is 9.91. The van der Waals surface area contributed by atoms with E-state index in [1.165, 1.54) is 5.56 Å². The van der Waals surface area contributed by atoms with E-state index in [1.54, 1.807) is 7.11 Å². The zero-order chi connectivity index (χ0) is 23.1. The fraction of sp³-hybridized carbons (Fsp3) is 0.423. The topological polar surface area (TPSA) is 48.8 Å². The molecule has 33 heavy (non-hydrogen) atoms. The molecule has 3 aromatic rings. The number of aryl methyl sites for hydroxylation is 1. The first-order valence-corrected chi connectivity index (χ1v) is 11.8. The fourth-order valence-corrected chi connectivity index (χ4v) is 4.27. The molecule has 1 aromatic heterocycles. The van der Waals surface area contributed by atoms with E-state index in [1.807, 2.05) is 60.3 Å². The lowest BCUT2D eigenvalue weighted by molar-refractivity contribution is -0.0839. The second kappa shape index (κ2) is 11.1. The van der Waals surface area contributed by atoms with Gasteiger partial charge in [-0.05, 0) is 61.7 Å². The number of rotatable bonds is 10. The van der Waals surface area contributed by atoms with Crippen LogP contribution in [0.4, 0.5) is 0 Å². The number of likely N-dealkylation sites (tertiary alicyclic amines) is 1. The number of methoxy groups -OCH3 is 1. The van der Waals surface area contributed by atoms with Gasteiger partial charge in [0.25, 0.3) is 0 Å². The summed E-state index contributed by atoms with van der Waals surface area (Å²) < 4.78 is 19.7. The van der Waals surface area contributed by atoms with Crippen molar-refractivity contribution in [2.45, 2.75) is 38.5 Å². The van der Waals surface area contributed by atoms with Gasteiger partial charge in [-0.2, -0.15) is 5.10 Å². The van der Waals surface area contributed by atoms with Gasteiger partial charge in [0, 0.05) is 38.0 Å². The highest BCUT2D eigenvalue weighted by Gasteiger charge is 2.35. The molecule has 0 radical (unpaired) electrons. The van der Waals surface area contributed by atoms with Gasteiger partial charge in [-0.3, -0.25) is 9.58 Å². The first-order valence-electron chi connectivity index (χ1n) is 11.4. The molecule has 4 rings (SSSR count). The van der Waals surface area contributed by atoms with E-state index in [0.717, 1.165) is 56.2 Å². The van der Waals surface area contributed by atoms with Gasteiger partial charge in [-0.25, -0.2) is 0 Å². The Morgan fingerprint density at radius 1 is 1.00 bits per heavy atom. The van der Waals surface area contributed by atoms with Crippen LogP contribution >= 0.6 is 11.6 Å². The number of hydrogen-bond acceptors (Lipinski definition) is 5. The highest BCUT2D eigenvalue weighted by Crippen LogP contribution is 2.29. The summed E-state index contributed by atoms with van der Waals surface area (Å²) in [5.41, 5.74) is 2.04. The van der Waals surface area contributed by atoms with E-state index in [2.05, 4.69) is 22.1 Å². The maximum absolute atomic E-state index is 6.06. The van der Waals surface area contributed by atoms with Crippen LogP contribution in [-0.2, 0) is 17.8 Å². The lowest BCUT2D eigenvalue weighted by Crippen LogP contribution is -2.48. The number of benzene rings is 2. The average Bonchev–Trinajstić information content (AvgIpc) is 3.25. The van der Waals surface area contributed by atoms with Gasteiger partial charge in [-0.1, -0.05) is 29.8 Å². The van der Waals surface area contributed by atoms with Crippen molar-refractivity contribution < 1.29 is 14.2 Å². The molecule has 0 bridgehead atoms. The molecule has 1 fully saturated rings. The molecular weight excluding hydrogens is 438 g/mol. The highest BCUT2D eigenvalue weighted by molar-refractivity contribution is 6.30. The number of ether oxygens (including phenoxy) is 3. The molecule has 2 heterocycles. The third kappa shape index (κ3) is 6.73. The number of halogens is 1. The van der Waals surface area contributed by atoms with Crippen LogP contribution in [0.5, 0.6) is 11.5 Å². The molecule has 6 nitrogen and oxygen atoms in total. The molecule has 0 aliphatic carbocycles. The zero-order valence-corrected chi connectivity index (χ0v) is 20.1. The van der Waals surface area contributed by atoms with E-state index in [0.29, 0.717) is 18.2 Å². The Hall–Kier alpha value is -2.54. The minimum absolute atomic E-state index is 0.260. The van der Waals surface area contributed by atoms with Gasteiger partial charge in [0.1, 0.15) is 30.3 Å². The van der Waals surface area contributed by atoms with Crippen LogP contribution in [-0.4, -0.2) is 53.7 Å². The first kappa shape index (κ1) is 23.6. The summed E-state index contributed by atoms with van der Waals surface area (Å²) in [5, 5.41) is 5.06. The number of hydrogen-bond donors (Lipinski definition) is 0. The Morgan fingerprint density at radius 2 is 1.79 bits per heavy atom. The molecule has 0 N–H and O–H groups in total. The van der Waals surface area contributed by atoms with Gasteiger partial charge in [0.05, 0.1) is 12.2 Å². The summed E-state index contributed by atoms with van der Waals surface area (Å²) in [6, 6.07) is 17.9. The van der Waals surface area contributed by atoms with Crippen molar-refractivity contribution in [2.75, 3.05) is 33.4 Å². The molecule has 0 atom stereocenters. The summed E-state index contributed by atoms with van der Waals surface area (Å²) >= 11 is 6.06. The van der Waals surface area contributed by atoms with Crippen molar-refractivity contribution in [1.29, 1.82) is 0 Å². The van der Waals surface area contributed by atoms with Gasteiger partial charge >= 0.3 is 0 Å². The highest BCUT2D eigenvalue weighted by atomic mass is 35.5. The molecule has 0 saturated carbocycles. The smallest absolute Gasteiger partial charge is 0.120 e. The van der Waals surface area contributed by atoms with Crippen molar-refractivity contribution in [3.8, 4) is 11.5 Å². The molecule has 1 aliphatic rings. The maximum Gasteiger partial charge on any atom is 0.120 e. The van der Waals surface area contributed by atoms with E-state index in [-0.39, 0.29) is 5.60 Å². The Kier molecular flexibility index (Phi) is 7.91. The second-order valence-electron chi connectivity index (χ2n) is 8.62. The maximum atomic E-state index is 6.06. The standard InChI is InChI=1S/C26H32ClN3O3/c1-21-10-13-30(28-21)16-17-32-24-8-6-22(7-9-24)19-29-14-11-26(31-2,12-15-29)20-33-25-5-3-4-23(27)18-25/h3-10,13,18H,11-12,14-17,19-20H2,1-2H3. The molecule has 176 valence electrons. The van der Waals surface area contributed by atoms with Crippen LogP contribution in [0.1, 0.15) is 24.1 Å². The SMILES string of the molecule is COC1(COc2cccc(Cl)c2)CCN(Cc2ccc(OCCn3ccc(C)n3)cc2)CC1. The Bertz CT molecular complexity index is 1010. The van der Waals surface area contributed by atoms with E-state index in [9.17, 15) is 0 Å². The largest absolute Gasteiger partial charge is 0.492 e. The van der Waals surface area contributed by atoms with E-state index >= 15 is 0 Å². The lowest BCUT2D eigenvalue weighted by Gasteiger charge is -2.40. The van der Waals surface area contributed by atoms with Gasteiger partial charge in [0.15, 0.2) is 0 Å². The fourth-order valence-electron chi connectivity index (χ4n) is 4.09. The Morgan fingerprint density at radius 3 is 2.45 bits per heavy atom. The molecule has 0 amide bonds. The van der Waals surface area contributed by atoms with Crippen LogP contribution < -0.4 is 9.47 Å². The Labute approximate surface area is 201 Å². The van der Waals surface area contributed by atoms with Crippen molar-refractivity contribution in [3.05, 3.63) is 77.1 Å². The summed E-state index contributed by atoms with van der Waals surface area (Å²) in [4.78, 5) is 2.46. The monoisotopic (exact) mass is 469 g/mol. The third-order valence-electron chi connectivity index (χ3n) is 6.19. The average molecular weight is 470 g/mol.